The number of aromatic nitrogens is 2. The first-order valence-corrected chi connectivity index (χ1v) is 10.0. The Hall–Kier alpha value is -2.95. The van der Waals surface area contributed by atoms with Crippen molar-refractivity contribution in [1.29, 1.82) is 0 Å². The summed E-state index contributed by atoms with van der Waals surface area (Å²) in [6.45, 7) is 4.97. The van der Waals surface area contributed by atoms with E-state index < -0.39 is 0 Å². The summed E-state index contributed by atoms with van der Waals surface area (Å²) in [4.78, 5) is 25.6. The number of amides is 1. The average molecular weight is 409 g/mol. The molecule has 30 heavy (non-hydrogen) atoms. The molecule has 1 aliphatic rings. The summed E-state index contributed by atoms with van der Waals surface area (Å²) in [6, 6.07) is 5.09. The normalized spacial score (nSPS) is 19.8. The predicted molar refractivity (Wildman–Crippen MR) is 114 cm³/mol. The van der Waals surface area contributed by atoms with Gasteiger partial charge in [-0.15, -0.1) is 0 Å². The molecular formula is C23H28N4O3. The summed E-state index contributed by atoms with van der Waals surface area (Å²) < 4.78 is 6.19. The molecule has 0 radical (unpaired) electrons. The minimum atomic E-state index is -0.309. The van der Waals surface area contributed by atoms with Crippen LogP contribution in [0.2, 0.25) is 0 Å². The van der Waals surface area contributed by atoms with Gasteiger partial charge in [-0.05, 0) is 39.2 Å². The van der Waals surface area contributed by atoms with Crippen molar-refractivity contribution in [2.24, 2.45) is 5.92 Å². The fourth-order valence-corrected chi connectivity index (χ4v) is 3.33. The van der Waals surface area contributed by atoms with Crippen LogP contribution in [0, 0.1) is 17.8 Å². The minimum absolute atomic E-state index is 0.0744. The van der Waals surface area contributed by atoms with Gasteiger partial charge in [-0.1, -0.05) is 18.8 Å². The number of hydrogen-bond acceptors (Lipinski definition) is 6. The summed E-state index contributed by atoms with van der Waals surface area (Å²) >= 11 is 0. The summed E-state index contributed by atoms with van der Waals surface area (Å²) in [6.07, 6.45) is 4.85. The van der Waals surface area contributed by atoms with E-state index in [-0.39, 0.29) is 30.6 Å². The molecule has 3 atom stereocenters. The van der Waals surface area contributed by atoms with Crippen molar-refractivity contribution >= 4 is 5.91 Å². The Balaban J connectivity index is 2.00. The zero-order chi connectivity index (χ0) is 21.7. The lowest BCUT2D eigenvalue weighted by Crippen LogP contribution is -2.49. The molecule has 1 amide bonds. The lowest BCUT2D eigenvalue weighted by Gasteiger charge is -2.37. The fraction of sp³-hybridized carbons (Fsp3) is 0.435. The molecular weight excluding hydrogens is 380 g/mol. The van der Waals surface area contributed by atoms with Crippen molar-refractivity contribution in [2.75, 3.05) is 33.8 Å². The number of hydrogen-bond donors (Lipinski definition) is 1. The van der Waals surface area contributed by atoms with E-state index in [1.165, 1.54) is 0 Å². The summed E-state index contributed by atoms with van der Waals surface area (Å²) in [7, 11) is 3.97. The number of nitrogens with zero attached hydrogens (tertiary/aromatic N) is 4. The van der Waals surface area contributed by atoms with Crippen LogP contribution in [0.5, 0.6) is 5.88 Å². The van der Waals surface area contributed by atoms with Crippen LogP contribution in [0.3, 0.4) is 0 Å². The van der Waals surface area contributed by atoms with Crippen LogP contribution >= 0.6 is 0 Å². The third-order valence-electron chi connectivity index (χ3n) is 5.08. The number of aliphatic hydroxyl groups excluding tert-OH is 1. The van der Waals surface area contributed by atoms with Crippen molar-refractivity contribution in [3.05, 3.63) is 53.5 Å². The van der Waals surface area contributed by atoms with E-state index in [1.807, 2.05) is 33.2 Å². The molecule has 7 heteroatoms. The Morgan fingerprint density at radius 3 is 2.77 bits per heavy atom. The van der Waals surface area contributed by atoms with E-state index in [2.05, 4.69) is 33.6 Å². The molecule has 0 aliphatic carbocycles. The molecule has 0 aromatic carbocycles. The van der Waals surface area contributed by atoms with Crippen LogP contribution in [-0.4, -0.2) is 76.7 Å². The largest absolute Gasteiger partial charge is 0.472 e. The second kappa shape index (κ2) is 9.70. The number of ether oxygens (including phenoxy) is 1. The van der Waals surface area contributed by atoms with E-state index in [4.69, 9.17) is 4.74 Å². The number of carbonyl (C=O) groups is 1. The highest BCUT2D eigenvalue weighted by Gasteiger charge is 2.33. The van der Waals surface area contributed by atoms with E-state index in [0.29, 0.717) is 30.1 Å². The van der Waals surface area contributed by atoms with Gasteiger partial charge in [0.15, 0.2) is 0 Å². The van der Waals surface area contributed by atoms with Gasteiger partial charge in [0, 0.05) is 48.7 Å². The van der Waals surface area contributed by atoms with Crippen LogP contribution in [-0.2, 0) is 0 Å². The molecule has 0 saturated heterocycles. The number of likely N-dealkylation sites (N-methyl/N-ethyl adjacent to an activating group) is 1. The highest BCUT2D eigenvalue weighted by atomic mass is 16.5. The standard InChI is InChI=1S/C23H28N4O3/c1-16-13-27(17(2)15-28)23(29)20-10-19(8-7-18-6-5-9-24-11-18)12-25-22(20)30-21(16)14-26(3)4/h5-6,9-12,16-17,21,28H,13-15H2,1-4H3/t16-,17+,21-/m1/s1. The summed E-state index contributed by atoms with van der Waals surface area (Å²) in [5.41, 5.74) is 1.76. The van der Waals surface area contributed by atoms with E-state index in [9.17, 15) is 9.90 Å². The number of fused-ring (bicyclic) bond motifs is 1. The molecule has 3 rings (SSSR count). The number of pyridine rings is 2. The highest BCUT2D eigenvalue weighted by molar-refractivity contribution is 5.97. The van der Waals surface area contributed by atoms with Crippen molar-refractivity contribution in [1.82, 2.24) is 19.8 Å². The van der Waals surface area contributed by atoms with Crippen LogP contribution in [0.1, 0.15) is 35.3 Å². The van der Waals surface area contributed by atoms with Gasteiger partial charge in [0.2, 0.25) is 5.88 Å². The fourth-order valence-electron chi connectivity index (χ4n) is 3.33. The first-order valence-electron chi connectivity index (χ1n) is 10.0. The van der Waals surface area contributed by atoms with Crippen molar-refractivity contribution in [3.63, 3.8) is 0 Å². The van der Waals surface area contributed by atoms with Gasteiger partial charge in [-0.2, -0.15) is 0 Å². The molecule has 1 N–H and O–H groups in total. The molecule has 0 bridgehead atoms. The quantitative estimate of drug-likeness (QED) is 0.776. The molecule has 2 aromatic rings. The van der Waals surface area contributed by atoms with Crippen molar-refractivity contribution < 1.29 is 14.6 Å². The van der Waals surface area contributed by atoms with Crippen molar-refractivity contribution in [3.8, 4) is 17.7 Å². The van der Waals surface area contributed by atoms with Gasteiger partial charge in [0.1, 0.15) is 11.7 Å². The molecule has 0 saturated carbocycles. The van der Waals surface area contributed by atoms with Crippen LogP contribution < -0.4 is 4.74 Å². The van der Waals surface area contributed by atoms with Gasteiger partial charge in [0.05, 0.1) is 12.6 Å². The second-order valence-electron chi connectivity index (χ2n) is 7.95. The number of rotatable bonds is 4. The Morgan fingerprint density at radius 2 is 2.10 bits per heavy atom. The van der Waals surface area contributed by atoms with E-state index in [1.54, 1.807) is 29.6 Å². The Morgan fingerprint density at radius 1 is 1.33 bits per heavy atom. The third kappa shape index (κ3) is 5.15. The molecule has 0 unspecified atom stereocenters. The second-order valence-corrected chi connectivity index (χ2v) is 7.95. The Bertz CT molecular complexity index is 936. The van der Waals surface area contributed by atoms with Crippen LogP contribution in [0.25, 0.3) is 0 Å². The highest BCUT2D eigenvalue weighted by Crippen LogP contribution is 2.27. The van der Waals surface area contributed by atoms with Gasteiger partial charge in [-0.3, -0.25) is 9.78 Å². The molecule has 158 valence electrons. The third-order valence-corrected chi connectivity index (χ3v) is 5.08. The first-order chi connectivity index (χ1) is 14.4. The lowest BCUT2D eigenvalue weighted by atomic mass is 10.00. The minimum Gasteiger partial charge on any atom is -0.472 e. The Labute approximate surface area is 177 Å². The monoisotopic (exact) mass is 408 g/mol. The molecule has 1 aliphatic heterocycles. The first kappa shape index (κ1) is 21.8. The predicted octanol–water partition coefficient (Wildman–Crippen LogP) is 1.66. The maximum absolute atomic E-state index is 13.3. The number of aliphatic hydroxyl groups is 1. The molecule has 0 spiro atoms. The summed E-state index contributed by atoms with van der Waals surface area (Å²) in [5, 5.41) is 9.70. The maximum Gasteiger partial charge on any atom is 0.259 e. The average Bonchev–Trinajstić information content (AvgIpc) is 2.74. The topological polar surface area (TPSA) is 78.8 Å². The van der Waals surface area contributed by atoms with E-state index >= 15 is 0 Å². The SMILES string of the molecule is C[C@@H]1CN([C@@H](C)CO)C(=O)c2cc(C#Cc3cccnc3)cnc2O[C@@H]1CN(C)C. The van der Waals surface area contributed by atoms with Gasteiger partial charge in [-0.25, -0.2) is 4.98 Å². The van der Waals surface area contributed by atoms with Crippen molar-refractivity contribution in [2.45, 2.75) is 26.0 Å². The Kier molecular flexibility index (Phi) is 7.03. The van der Waals surface area contributed by atoms with Crippen LogP contribution in [0.4, 0.5) is 0 Å². The smallest absolute Gasteiger partial charge is 0.259 e. The zero-order valence-corrected chi connectivity index (χ0v) is 17.9. The molecule has 3 heterocycles. The number of carbonyl (C=O) groups excluding carboxylic acids is 1. The lowest BCUT2D eigenvalue weighted by molar-refractivity contribution is 0.0348. The van der Waals surface area contributed by atoms with Gasteiger partial charge < -0.3 is 19.6 Å². The molecule has 0 fully saturated rings. The molecule has 7 nitrogen and oxygen atoms in total. The van der Waals surface area contributed by atoms with Crippen LogP contribution in [0.15, 0.2) is 36.8 Å². The van der Waals surface area contributed by atoms with Gasteiger partial charge in [0.25, 0.3) is 5.91 Å². The zero-order valence-electron chi connectivity index (χ0n) is 17.9. The van der Waals surface area contributed by atoms with E-state index in [0.717, 1.165) is 5.56 Å². The summed E-state index contributed by atoms with van der Waals surface area (Å²) in [5.74, 6) is 6.25. The molecule has 2 aromatic heterocycles. The maximum atomic E-state index is 13.3. The van der Waals surface area contributed by atoms with Gasteiger partial charge >= 0.3 is 0 Å².